The van der Waals surface area contributed by atoms with Gasteiger partial charge in [-0.2, -0.15) is 0 Å². The van der Waals surface area contributed by atoms with Crippen molar-refractivity contribution in [1.29, 1.82) is 0 Å². The average molecular weight is 564 g/mol. The molecule has 2 rings (SSSR count). The van der Waals surface area contributed by atoms with Crippen molar-refractivity contribution in [3.8, 4) is 11.5 Å². The summed E-state index contributed by atoms with van der Waals surface area (Å²) in [4.78, 5) is 7.34. The van der Waals surface area contributed by atoms with E-state index in [1.807, 2.05) is 6.07 Å². The summed E-state index contributed by atoms with van der Waals surface area (Å²) in [5.41, 5.74) is 1.26. The van der Waals surface area contributed by atoms with E-state index in [1.54, 1.807) is 14.2 Å². The number of methoxy groups -OCH3 is 2. The third-order valence-corrected chi connectivity index (χ3v) is 5.12. The fraction of sp³-hybridized carbons (Fsp3) is 0.696. The topological polar surface area (TPSA) is 79.4 Å². The third kappa shape index (κ3) is 9.68. The Morgan fingerprint density at radius 2 is 1.78 bits per heavy atom. The zero-order valence-electron chi connectivity index (χ0n) is 20.5. The van der Waals surface area contributed by atoms with Gasteiger partial charge in [-0.3, -0.25) is 9.89 Å². The summed E-state index contributed by atoms with van der Waals surface area (Å²) < 4.78 is 16.5. The molecule has 0 aliphatic carbocycles. The fourth-order valence-corrected chi connectivity index (χ4v) is 3.52. The van der Waals surface area contributed by atoms with Gasteiger partial charge in [0.15, 0.2) is 17.5 Å². The minimum absolute atomic E-state index is 0. The second-order valence-corrected chi connectivity index (χ2v) is 8.60. The molecule has 1 aliphatic rings. The Balaban J connectivity index is 0.00000512. The lowest BCUT2D eigenvalue weighted by Gasteiger charge is -2.34. The molecule has 1 aliphatic heterocycles. The standard InChI is InChI=1S/C23H41N5O3.HI/c1-7-24-22(25-10-11-27-23(2,3)4)26-17-19(28-12-14-31-15-13-28)18-8-9-20(29-5)21(16-18)30-6;/h8-9,16,19,27H,7,10-15,17H2,1-6H3,(H2,24,25,26);1H. The Kier molecular flexibility index (Phi) is 13.3. The SMILES string of the molecule is CCNC(=NCC(c1ccc(OC)c(OC)c1)N1CCOCC1)NCCNC(C)(C)C.I. The number of rotatable bonds is 10. The number of guanidine groups is 1. The minimum atomic E-state index is 0. The molecule has 0 amide bonds. The Labute approximate surface area is 210 Å². The van der Waals surface area contributed by atoms with Crippen LogP contribution in [0, 0.1) is 0 Å². The highest BCUT2D eigenvalue weighted by atomic mass is 127. The molecular formula is C23H42IN5O3. The molecule has 0 spiro atoms. The van der Waals surface area contributed by atoms with E-state index in [-0.39, 0.29) is 35.6 Å². The maximum atomic E-state index is 5.57. The number of benzene rings is 1. The van der Waals surface area contributed by atoms with Crippen molar-refractivity contribution in [2.75, 3.05) is 66.7 Å². The van der Waals surface area contributed by atoms with Crippen LogP contribution in [0.5, 0.6) is 11.5 Å². The van der Waals surface area contributed by atoms with Gasteiger partial charge in [-0.25, -0.2) is 0 Å². The molecule has 1 aromatic rings. The van der Waals surface area contributed by atoms with Crippen molar-refractivity contribution in [3.63, 3.8) is 0 Å². The first-order chi connectivity index (χ1) is 14.9. The van der Waals surface area contributed by atoms with E-state index < -0.39 is 0 Å². The van der Waals surface area contributed by atoms with Gasteiger partial charge in [-0.15, -0.1) is 24.0 Å². The molecule has 1 aromatic carbocycles. The number of hydrogen-bond acceptors (Lipinski definition) is 6. The maximum Gasteiger partial charge on any atom is 0.191 e. The van der Waals surface area contributed by atoms with Crippen LogP contribution in [0.3, 0.4) is 0 Å². The summed E-state index contributed by atoms with van der Waals surface area (Å²) in [7, 11) is 3.33. The molecule has 184 valence electrons. The smallest absolute Gasteiger partial charge is 0.191 e. The van der Waals surface area contributed by atoms with Gasteiger partial charge in [0.25, 0.3) is 0 Å². The molecule has 32 heavy (non-hydrogen) atoms. The summed E-state index contributed by atoms with van der Waals surface area (Å²) >= 11 is 0. The van der Waals surface area contributed by atoms with E-state index in [0.717, 1.165) is 69.0 Å². The first kappa shape index (κ1) is 28.7. The summed E-state index contributed by atoms with van der Waals surface area (Å²) in [6.07, 6.45) is 0. The molecule has 1 heterocycles. The van der Waals surface area contributed by atoms with Crippen molar-refractivity contribution in [1.82, 2.24) is 20.9 Å². The average Bonchev–Trinajstić information content (AvgIpc) is 2.76. The number of ether oxygens (including phenoxy) is 3. The number of halogens is 1. The number of morpholine rings is 1. The quantitative estimate of drug-likeness (QED) is 0.175. The van der Waals surface area contributed by atoms with E-state index in [4.69, 9.17) is 19.2 Å². The Hall–Kier alpha value is -1.30. The van der Waals surface area contributed by atoms with E-state index in [1.165, 1.54) is 0 Å². The van der Waals surface area contributed by atoms with E-state index in [9.17, 15) is 0 Å². The first-order valence-corrected chi connectivity index (χ1v) is 11.2. The van der Waals surface area contributed by atoms with E-state index >= 15 is 0 Å². The van der Waals surface area contributed by atoms with Crippen LogP contribution in [0.1, 0.15) is 39.3 Å². The molecular weight excluding hydrogens is 521 g/mol. The van der Waals surface area contributed by atoms with Crippen LogP contribution < -0.4 is 25.4 Å². The van der Waals surface area contributed by atoms with Gasteiger partial charge in [0, 0.05) is 38.3 Å². The second-order valence-electron chi connectivity index (χ2n) is 8.60. The van der Waals surface area contributed by atoms with Crippen molar-refractivity contribution >= 4 is 29.9 Å². The number of nitrogens with one attached hydrogen (secondary N) is 3. The van der Waals surface area contributed by atoms with Gasteiger partial charge in [-0.1, -0.05) is 6.07 Å². The van der Waals surface area contributed by atoms with Crippen LogP contribution >= 0.6 is 24.0 Å². The maximum absolute atomic E-state index is 5.57. The van der Waals surface area contributed by atoms with Crippen LogP contribution in [-0.4, -0.2) is 83.1 Å². The van der Waals surface area contributed by atoms with Crippen molar-refractivity contribution < 1.29 is 14.2 Å². The number of hydrogen-bond donors (Lipinski definition) is 3. The lowest BCUT2D eigenvalue weighted by molar-refractivity contribution is 0.0179. The summed E-state index contributed by atoms with van der Waals surface area (Å²) in [5.74, 6) is 2.30. The van der Waals surface area contributed by atoms with Crippen molar-refractivity contribution in [2.24, 2.45) is 4.99 Å². The Bertz CT molecular complexity index is 691. The van der Waals surface area contributed by atoms with Crippen molar-refractivity contribution in [3.05, 3.63) is 23.8 Å². The molecule has 0 saturated carbocycles. The molecule has 8 nitrogen and oxygen atoms in total. The lowest BCUT2D eigenvalue weighted by atomic mass is 10.0. The highest BCUT2D eigenvalue weighted by Crippen LogP contribution is 2.32. The van der Waals surface area contributed by atoms with Gasteiger partial charge >= 0.3 is 0 Å². The van der Waals surface area contributed by atoms with Crippen LogP contribution in [0.15, 0.2) is 23.2 Å². The van der Waals surface area contributed by atoms with E-state index in [2.05, 4.69) is 60.7 Å². The molecule has 0 bridgehead atoms. The summed E-state index contributed by atoms with van der Waals surface area (Å²) in [5, 5.41) is 10.3. The van der Waals surface area contributed by atoms with Gasteiger partial charge in [0.2, 0.25) is 0 Å². The predicted octanol–water partition coefficient (Wildman–Crippen LogP) is 2.64. The molecule has 1 atom stereocenters. The molecule has 1 saturated heterocycles. The van der Waals surface area contributed by atoms with Gasteiger partial charge in [0.05, 0.1) is 40.0 Å². The molecule has 3 N–H and O–H groups in total. The second kappa shape index (κ2) is 14.8. The van der Waals surface area contributed by atoms with Crippen LogP contribution in [0.4, 0.5) is 0 Å². The lowest BCUT2D eigenvalue weighted by Crippen LogP contribution is -2.45. The summed E-state index contributed by atoms with van der Waals surface area (Å²) in [6, 6.07) is 6.26. The minimum Gasteiger partial charge on any atom is -0.493 e. The zero-order valence-corrected chi connectivity index (χ0v) is 22.8. The number of nitrogens with zero attached hydrogens (tertiary/aromatic N) is 2. The van der Waals surface area contributed by atoms with Crippen LogP contribution in [0.2, 0.25) is 0 Å². The van der Waals surface area contributed by atoms with Crippen LogP contribution in [0.25, 0.3) is 0 Å². The molecule has 9 heteroatoms. The van der Waals surface area contributed by atoms with Gasteiger partial charge < -0.3 is 30.2 Å². The first-order valence-electron chi connectivity index (χ1n) is 11.2. The summed E-state index contributed by atoms with van der Waals surface area (Å²) in [6.45, 7) is 15.0. The fourth-order valence-electron chi connectivity index (χ4n) is 3.52. The third-order valence-electron chi connectivity index (χ3n) is 5.12. The molecule has 1 unspecified atom stereocenters. The normalized spacial score (nSPS) is 16.1. The van der Waals surface area contributed by atoms with Crippen LogP contribution in [-0.2, 0) is 4.74 Å². The Morgan fingerprint density at radius 3 is 2.38 bits per heavy atom. The molecule has 0 radical (unpaired) electrons. The number of aliphatic imine (C=N–C) groups is 1. The monoisotopic (exact) mass is 563 g/mol. The van der Waals surface area contributed by atoms with Gasteiger partial charge in [0.1, 0.15) is 0 Å². The van der Waals surface area contributed by atoms with E-state index in [0.29, 0.717) is 6.54 Å². The van der Waals surface area contributed by atoms with Gasteiger partial charge in [-0.05, 0) is 45.4 Å². The van der Waals surface area contributed by atoms with Crippen molar-refractivity contribution in [2.45, 2.75) is 39.3 Å². The highest BCUT2D eigenvalue weighted by Gasteiger charge is 2.24. The zero-order chi connectivity index (χ0) is 22.7. The molecule has 0 aromatic heterocycles. The Morgan fingerprint density at radius 1 is 1.09 bits per heavy atom. The largest absolute Gasteiger partial charge is 0.493 e. The highest BCUT2D eigenvalue weighted by molar-refractivity contribution is 14.0. The molecule has 1 fully saturated rings. The predicted molar refractivity (Wildman–Crippen MR) is 142 cm³/mol.